The van der Waals surface area contributed by atoms with Crippen LogP contribution in [0.1, 0.15) is 49.7 Å². The number of carbonyl (C=O) groups excluding carboxylic acids is 1. The van der Waals surface area contributed by atoms with Crippen molar-refractivity contribution in [1.29, 1.82) is 0 Å². The number of rotatable bonds is 10. The van der Waals surface area contributed by atoms with Crippen LogP contribution in [0.25, 0.3) is 0 Å². The van der Waals surface area contributed by atoms with Crippen LogP contribution in [0.5, 0.6) is 0 Å². The van der Waals surface area contributed by atoms with Crippen molar-refractivity contribution in [1.82, 2.24) is 9.55 Å². The third-order valence-corrected chi connectivity index (χ3v) is 6.79. The molecule has 0 spiro atoms. The van der Waals surface area contributed by atoms with E-state index in [4.69, 9.17) is 25.1 Å². The predicted molar refractivity (Wildman–Crippen MR) is 139 cm³/mol. The van der Waals surface area contributed by atoms with E-state index >= 15 is 0 Å². The van der Waals surface area contributed by atoms with E-state index in [0.717, 1.165) is 4.47 Å². The number of aliphatic hydroxyl groups is 1. The number of anilines is 1. The standard InChI is InChI=1S/C25H32BrN5O7/c1-25(2)37-19-17(13-32)36-22(20(19)38-25)31-12-10-18(29-21(33)14-6-8-15(26)9-7-14)30-24(31)28-11-4-3-5-16(27)23(34)35/h6-10,12,16-17,19-20,22,32H,3-5,11,13,27H2,1-2H3,(H,34,35)(H,28,29,30,33)/t16-,17+,19+,20+,22+/m0/s1. The summed E-state index contributed by atoms with van der Waals surface area (Å²) in [6.07, 6.45) is 0.910. The number of nitrogens with one attached hydrogen (secondary N) is 1. The number of hydrogen-bond acceptors (Lipinski definition) is 9. The number of amides is 1. The molecule has 0 unspecified atom stereocenters. The Bertz CT molecular complexity index is 1220. The van der Waals surface area contributed by atoms with Gasteiger partial charge in [-0.25, -0.2) is 0 Å². The lowest BCUT2D eigenvalue weighted by atomic mass is 10.1. The zero-order valence-corrected chi connectivity index (χ0v) is 22.7. The fourth-order valence-corrected chi connectivity index (χ4v) is 4.67. The molecule has 4 rings (SSSR count). The molecule has 0 radical (unpaired) electrons. The van der Waals surface area contributed by atoms with Gasteiger partial charge in [0, 0.05) is 22.8 Å². The summed E-state index contributed by atoms with van der Waals surface area (Å²) in [6, 6.07) is 7.64. The molecule has 2 fully saturated rings. The van der Waals surface area contributed by atoms with Crippen LogP contribution in [0.2, 0.25) is 0 Å². The number of fused-ring (bicyclic) bond motifs is 1. The van der Waals surface area contributed by atoms with Crippen LogP contribution in [0.3, 0.4) is 0 Å². The molecule has 2 aliphatic heterocycles. The lowest BCUT2D eigenvalue weighted by Crippen LogP contribution is -2.36. The maximum Gasteiger partial charge on any atom is 0.320 e. The number of benzene rings is 1. The summed E-state index contributed by atoms with van der Waals surface area (Å²) < 4.78 is 20.7. The van der Waals surface area contributed by atoms with Crippen LogP contribution in [0, 0.1) is 0 Å². The van der Waals surface area contributed by atoms with Gasteiger partial charge in [-0.3, -0.25) is 19.1 Å². The van der Waals surface area contributed by atoms with Crippen LogP contribution in [-0.2, 0) is 19.0 Å². The third-order valence-electron chi connectivity index (χ3n) is 6.27. The molecule has 12 nitrogen and oxygen atoms in total. The van der Waals surface area contributed by atoms with E-state index in [1.807, 2.05) is 0 Å². The van der Waals surface area contributed by atoms with Gasteiger partial charge in [-0.15, -0.1) is 0 Å². The zero-order valence-electron chi connectivity index (χ0n) is 21.1. The highest BCUT2D eigenvalue weighted by molar-refractivity contribution is 9.10. The molecule has 0 bridgehead atoms. The lowest BCUT2D eigenvalue weighted by molar-refractivity contribution is -0.200. The SMILES string of the molecule is CC1(C)O[C@@H]2[C@H](O1)[C@@H](CO)O[C@H]2n1ccc(NC(=O)c2ccc(Br)cc2)nc1=NCCCC[C@H](N)C(=O)O. The Morgan fingerprint density at radius 1 is 1.21 bits per heavy atom. The number of aliphatic carboxylic acids is 1. The molecule has 1 amide bonds. The first-order valence-corrected chi connectivity index (χ1v) is 13.1. The van der Waals surface area contributed by atoms with E-state index < -0.39 is 42.3 Å². The monoisotopic (exact) mass is 593 g/mol. The Kier molecular flexibility index (Phi) is 8.96. The Balaban J connectivity index is 1.58. The van der Waals surface area contributed by atoms with Crippen LogP contribution >= 0.6 is 15.9 Å². The highest BCUT2D eigenvalue weighted by Crippen LogP contribution is 2.42. The van der Waals surface area contributed by atoms with Gasteiger partial charge in [-0.1, -0.05) is 15.9 Å². The molecule has 1 aromatic heterocycles. The average molecular weight is 594 g/mol. The first-order chi connectivity index (χ1) is 18.1. The first-order valence-electron chi connectivity index (χ1n) is 12.3. The van der Waals surface area contributed by atoms with Gasteiger partial charge in [0.25, 0.3) is 5.91 Å². The normalized spacial score (nSPS) is 25.2. The number of ether oxygens (including phenoxy) is 3. The maximum absolute atomic E-state index is 12.7. The summed E-state index contributed by atoms with van der Waals surface area (Å²) in [5.74, 6) is -1.93. The van der Waals surface area contributed by atoms with Crippen molar-refractivity contribution in [2.45, 2.75) is 69.5 Å². The van der Waals surface area contributed by atoms with E-state index in [0.29, 0.717) is 31.4 Å². The number of aromatic nitrogens is 2. The van der Waals surface area contributed by atoms with Gasteiger partial charge in [-0.05, 0) is 63.4 Å². The molecule has 38 heavy (non-hydrogen) atoms. The Morgan fingerprint density at radius 2 is 1.92 bits per heavy atom. The molecule has 0 saturated carbocycles. The summed E-state index contributed by atoms with van der Waals surface area (Å²) >= 11 is 3.35. The Morgan fingerprint density at radius 3 is 2.61 bits per heavy atom. The molecule has 206 valence electrons. The van der Waals surface area contributed by atoms with Gasteiger partial charge in [0.15, 0.2) is 12.0 Å². The quantitative estimate of drug-likeness (QED) is 0.300. The second kappa shape index (κ2) is 12.0. The second-order valence-electron chi connectivity index (χ2n) is 9.62. The largest absolute Gasteiger partial charge is 0.480 e. The summed E-state index contributed by atoms with van der Waals surface area (Å²) in [7, 11) is 0. The number of carboxylic acid groups (broad SMARTS) is 1. The van der Waals surface area contributed by atoms with E-state index in [1.165, 1.54) is 0 Å². The predicted octanol–water partition coefficient (Wildman–Crippen LogP) is 1.79. The number of nitrogens with zero attached hydrogens (tertiary/aromatic N) is 3. The molecule has 2 aliphatic rings. The van der Waals surface area contributed by atoms with Gasteiger partial charge in [0.2, 0.25) is 5.62 Å². The number of carbonyl (C=O) groups is 2. The molecule has 2 aromatic rings. The van der Waals surface area contributed by atoms with Crippen molar-refractivity contribution < 1.29 is 34.0 Å². The number of carboxylic acids is 1. The van der Waals surface area contributed by atoms with Gasteiger partial charge in [0.1, 0.15) is 30.2 Å². The van der Waals surface area contributed by atoms with Crippen molar-refractivity contribution in [3.8, 4) is 0 Å². The van der Waals surface area contributed by atoms with E-state index in [-0.39, 0.29) is 24.0 Å². The van der Waals surface area contributed by atoms with Crippen molar-refractivity contribution in [2.24, 2.45) is 10.7 Å². The van der Waals surface area contributed by atoms with Crippen LogP contribution in [-0.4, -0.2) is 74.9 Å². The van der Waals surface area contributed by atoms with E-state index in [2.05, 4.69) is 31.2 Å². The van der Waals surface area contributed by atoms with Crippen molar-refractivity contribution in [3.63, 3.8) is 0 Å². The highest BCUT2D eigenvalue weighted by Gasteiger charge is 2.55. The number of unbranched alkanes of at least 4 members (excludes halogenated alkanes) is 1. The van der Waals surface area contributed by atoms with Crippen LogP contribution < -0.4 is 16.7 Å². The molecule has 5 N–H and O–H groups in total. The summed E-state index contributed by atoms with van der Waals surface area (Å²) in [6.45, 7) is 3.69. The minimum Gasteiger partial charge on any atom is -0.480 e. The van der Waals surface area contributed by atoms with E-state index in [9.17, 15) is 14.7 Å². The Labute approximate surface area is 228 Å². The minimum atomic E-state index is -1.04. The number of aliphatic hydroxyl groups excluding tert-OH is 1. The van der Waals surface area contributed by atoms with Crippen LogP contribution in [0.15, 0.2) is 46.0 Å². The highest BCUT2D eigenvalue weighted by atomic mass is 79.9. The molecule has 1 aromatic carbocycles. The third kappa shape index (κ3) is 6.65. The fraction of sp³-hybridized carbons (Fsp3) is 0.520. The smallest absolute Gasteiger partial charge is 0.320 e. The average Bonchev–Trinajstić information content (AvgIpc) is 3.36. The fourth-order valence-electron chi connectivity index (χ4n) is 4.40. The van der Waals surface area contributed by atoms with Gasteiger partial charge in [-0.2, -0.15) is 4.98 Å². The molecule has 2 saturated heterocycles. The number of hydrogen-bond donors (Lipinski definition) is 4. The van der Waals surface area contributed by atoms with E-state index in [1.54, 1.807) is 54.9 Å². The first kappa shape index (κ1) is 28.3. The zero-order chi connectivity index (χ0) is 27.4. The van der Waals surface area contributed by atoms with Crippen LogP contribution in [0.4, 0.5) is 5.82 Å². The topological polar surface area (TPSA) is 171 Å². The summed E-state index contributed by atoms with van der Waals surface area (Å²) in [5.41, 5.74) is 6.32. The summed E-state index contributed by atoms with van der Waals surface area (Å²) in [5, 5.41) is 21.6. The molecular formula is C25H32BrN5O7. The summed E-state index contributed by atoms with van der Waals surface area (Å²) in [4.78, 5) is 32.9. The van der Waals surface area contributed by atoms with Crippen molar-refractivity contribution in [2.75, 3.05) is 18.5 Å². The van der Waals surface area contributed by atoms with Gasteiger partial charge in [0.05, 0.1) is 6.61 Å². The lowest BCUT2D eigenvalue weighted by Gasteiger charge is -2.25. The molecule has 0 aliphatic carbocycles. The molecule has 5 atom stereocenters. The number of halogens is 1. The van der Waals surface area contributed by atoms with Crippen molar-refractivity contribution >= 4 is 33.6 Å². The number of nitrogens with two attached hydrogens (primary N) is 1. The minimum absolute atomic E-state index is 0.247. The van der Waals surface area contributed by atoms with Crippen molar-refractivity contribution in [3.05, 3.63) is 52.2 Å². The second-order valence-corrected chi connectivity index (χ2v) is 10.5. The molecular weight excluding hydrogens is 562 g/mol. The molecule has 3 heterocycles. The maximum atomic E-state index is 12.7. The Hall–Kier alpha value is -2.68. The molecule has 13 heteroatoms. The van der Waals surface area contributed by atoms with Gasteiger partial charge >= 0.3 is 5.97 Å². The van der Waals surface area contributed by atoms with Gasteiger partial charge < -0.3 is 35.5 Å².